The fraction of sp³-hybridized carbons (Fsp3) is 0.286. The Hall–Kier alpha value is -3.15. The van der Waals surface area contributed by atoms with Crippen molar-refractivity contribution in [3.8, 4) is 0 Å². The van der Waals surface area contributed by atoms with E-state index in [2.05, 4.69) is 5.32 Å². The van der Waals surface area contributed by atoms with Crippen LogP contribution >= 0.6 is 0 Å². The zero-order valence-corrected chi connectivity index (χ0v) is 15.4. The van der Waals surface area contributed by atoms with Crippen LogP contribution in [0.2, 0.25) is 0 Å². The minimum absolute atomic E-state index is 0.111. The third-order valence-corrected chi connectivity index (χ3v) is 4.45. The van der Waals surface area contributed by atoms with Crippen LogP contribution in [0.15, 0.2) is 48.5 Å². The molecule has 3 rings (SSSR count). The van der Waals surface area contributed by atoms with Crippen molar-refractivity contribution < 1.29 is 19.1 Å². The van der Waals surface area contributed by atoms with Gasteiger partial charge in [-0.15, -0.1) is 0 Å². The highest BCUT2D eigenvalue weighted by Crippen LogP contribution is 2.31. The molecule has 2 aromatic carbocycles. The Labute approximate surface area is 158 Å². The van der Waals surface area contributed by atoms with Gasteiger partial charge in [-0.1, -0.05) is 42.0 Å². The van der Waals surface area contributed by atoms with Crippen molar-refractivity contribution in [2.45, 2.75) is 32.7 Å². The summed E-state index contributed by atoms with van der Waals surface area (Å²) in [6, 6.07) is 14.3. The maximum absolute atomic E-state index is 12.7. The molecule has 27 heavy (non-hydrogen) atoms. The van der Waals surface area contributed by atoms with E-state index in [4.69, 9.17) is 4.74 Å². The van der Waals surface area contributed by atoms with E-state index >= 15 is 0 Å². The van der Waals surface area contributed by atoms with Gasteiger partial charge in [0, 0.05) is 12.5 Å². The number of rotatable bonds is 4. The number of aryl methyl sites for hydroxylation is 1. The van der Waals surface area contributed by atoms with Crippen LogP contribution in [0.3, 0.4) is 0 Å². The van der Waals surface area contributed by atoms with E-state index in [1.165, 1.54) is 4.90 Å². The molecule has 0 saturated carbocycles. The van der Waals surface area contributed by atoms with Gasteiger partial charge in [-0.25, -0.2) is 0 Å². The topological polar surface area (TPSA) is 75.7 Å². The predicted molar refractivity (Wildman–Crippen MR) is 102 cm³/mol. The van der Waals surface area contributed by atoms with Gasteiger partial charge in [0.25, 0.3) is 5.91 Å². The maximum Gasteiger partial charge on any atom is 0.310 e. The summed E-state index contributed by atoms with van der Waals surface area (Å²) < 4.78 is 5.19. The van der Waals surface area contributed by atoms with Gasteiger partial charge in [0.2, 0.25) is 5.91 Å². The number of hydrogen-bond donors (Lipinski definition) is 1. The lowest BCUT2D eigenvalue weighted by molar-refractivity contribution is -0.147. The average molecular weight is 366 g/mol. The van der Waals surface area contributed by atoms with Gasteiger partial charge in [-0.3, -0.25) is 14.4 Å². The third-order valence-electron chi connectivity index (χ3n) is 4.45. The fourth-order valence-corrected chi connectivity index (χ4v) is 3.10. The van der Waals surface area contributed by atoms with Gasteiger partial charge in [-0.2, -0.15) is 0 Å². The number of carbonyl (C=O) groups excluding carboxylic acids is 3. The van der Waals surface area contributed by atoms with E-state index in [0.717, 1.165) is 11.1 Å². The molecule has 0 aromatic heterocycles. The molecule has 1 N–H and O–H groups in total. The van der Waals surface area contributed by atoms with Gasteiger partial charge in [0.1, 0.15) is 0 Å². The number of carbonyl (C=O) groups is 3. The number of nitrogens with zero attached hydrogens (tertiary/aromatic N) is 1. The second-order valence-electron chi connectivity index (χ2n) is 6.71. The van der Waals surface area contributed by atoms with Crippen molar-refractivity contribution >= 4 is 29.2 Å². The molecular formula is C21H22N2O4. The molecule has 2 amide bonds. The van der Waals surface area contributed by atoms with Crippen molar-refractivity contribution in [3.63, 3.8) is 0 Å². The van der Waals surface area contributed by atoms with Gasteiger partial charge in [-0.05, 0) is 31.5 Å². The molecule has 0 spiro atoms. The SMILES string of the molecule is Cc1ccc(CC(=O)OCC(=O)N2c3ccccc3NC(=O)C[C@H]2C)cc1. The standard InChI is InChI=1S/C21H22N2O4/c1-14-7-9-16(10-8-14)12-21(26)27-13-20(25)23-15(2)11-19(24)22-17-5-3-4-6-18(17)23/h3-10,15H,11-13H2,1-2H3,(H,22,24)/t15-/m1/s1. The summed E-state index contributed by atoms with van der Waals surface area (Å²) in [5.41, 5.74) is 3.13. The highest BCUT2D eigenvalue weighted by atomic mass is 16.5. The molecule has 1 heterocycles. The summed E-state index contributed by atoms with van der Waals surface area (Å²) in [6.07, 6.45) is 0.289. The van der Waals surface area contributed by atoms with Crippen LogP contribution < -0.4 is 10.2 Å². The Kier molecular flexibility index (Phi) is 5.54. The molecule has 1 aliphatic rings. The van der Waals surface area contributed by atoms with Crippen molar-refractivity contribution in [1.29, 1.82) is 0 Å². The number of hydrogen-bond acceptors (Lipinski definition) is 4. The van der Waals surface area contributed by atoms with Crippen LogP contribution in [0, 0.1) is 6.92 Å². The Morgan fingerprint density at radius 1 is 1.15 bits per heavy atom. The minimum Gasteiger partial charge on any atom is -0.455 e. The molecule has 140 valence electrons. The van der Waals surface area contributed by atoms with E-state index in [0.29, 0.717) is 11.4 Å². The van der Waals surface area contributed by atoms with Crippen molar-refractivity contribution in [1.82, 2.24) is 0 Å². The van der Waals surface area contributed by atoms with Gasteiger partial charge in [0.05, 0.1) is 17.8 Å². The largest absolute Gasteiger partial charge is 0.455 e. The normalized spacial score (nSPS) is 16.1. The Morgan fingerprint density at radius 2 is 1.85 bits per heavy atom. The summed E-state index contributed by atoms with van der Waals surface area (Å²) in [6.45, 7) is 3.41. The number of benzene rings is 2. The van der Waals surface area contributed by atoms with E-state index < -0.39 is 5.97 Å². The molecule has 1 aliphatic heterocycles. The Balaban J connectivity index is 1.67. The number of fused-ring (bicyclic) bond motifs is 1. The quantitative estimate of drug-likeness (QED) is 0.845. The molecule has 0 saturated heterocycles. The second-order valence-corrected chi connectivity index (χ2v) is 6.71. The first-order valence-corrected chi connectivity index (χ1v) is 8.86. The number of amides is 2. The van der Waals surface area contributed by atoms with Crippen LogP contribution in [-0.2, 0) is 25.5 Å². The molecular weight excluding hydrogens is 344 g/mol. The molecule has 2 aromatic rings. The van der Waals surface area contributed by atoms with Crippen LogP contribution in [0.25, 0.3) is 0 Å². The lowest BCUT2D eigenvalue weighted by Gasteiger charge is -2.27. The maximum atomic E-state index is 12.7. The van der Waals surface area contributed by atoms with Crippen molar-refractivity contribution in [3.05, 3.63) is 59.7 Å². The van der Waals surface area contributed by atoms with E-state index in [9.17, 15) is 14.4 Å². The van der Waals surface area contributed by atoms with Crippen LogP contribution in [0.1, 0.15) is 24.5 Å². The monoisotopic (exact) mass is 366 g/mol. The van der Waals surface area contributed by atoms with Crippen molar-refractivity contribution in [2.75, 3.05) is 16.8 Å². The number of nitrogens with one attached hydrogen (secondary N) is 1. The first kappa shape index (κ1) is 18.6. The fourth-order valence-electron chi connectivity index (χ4n) is 3.10. The summed E-state index contributed by atoms with van der Waals surface area (Å²) in [4.78, 5) is 38.3. The van der Waals surface area contributed by atoms with Crippen molar-refractivity contribution in [2.24, 2.45) is 0 Å². The molecule has 0 unspecified atom stereocenters. The highest BCUT2D eigenvalue weighted by molar-refractivity contribution is 6.05. The van der Waals surface area contributed by atoms with E-state index in [1.54, 1.807) is 31.2 Å². The first-order valence-electron chi connectivity index (χ1n) is 8.86. The van der Waals surface area contributed by atoms with Crippen LogP contribution in [0.5, 0.6) is 0 Å². The lowest BCUT2D eigenvalue weighted by atomic mass is 10.1. The molecule has 0 fully saturated rings. The second kappa shape index (κ2) is 8.03. The average Bonchev–Trinajstić information content (AvgIpc) is 2.76. The van der Waals surface area contributed by atoms with Gasteiger partial charge in [0.15, 0.2) is 6.61 Å². The van der Waals surface area contributed by atoms with Crippen LogP contribution in [-0.4, -0.2) is 30.4 Å². The zero-order valence-electron chi connectivity index (χ0n) is 15.4. The van der Waals surface area contributed by atoms with E-state index in [1.807, 2.05) is 31.2 Å². The van der Waals surface area contributed by atoms with Gasteiger partial charge >= 0.3 is 5.97 Å². The summed E-state index contributed by atoms with van der Waals surface area (Å²) in [5.74, 6) is -0.970. The van der Waals surface area contributed by atoms with E-state index in [-0.39, 0.29) is 37.3 Å². The number of esters is 1. The number of anilines is 2. The van der Waals surface area contributed by atoms with Crippen LogP contribution in [0.4, 0.5) is 11.4 Å². The highest BCUT2D eigenvalue weighted by Gasteiger charge is 2.30. The molecule has 0 aliphatic carbocycles. The van der Waals surface area contributed by atoms with Gasteiger partial charge < -0.3 is 15.0 Å². The Morgan fingerprint density at radius 3 is 2.59 bits per heavy atom. The first-order chi connectivity index (χ1) is 12.9. The minimum atomic E-state index is -0.461. The third kappa shape index (κ3) is 4.53. The summed E-state index contributed by atoms with van der Waals surface area (Å²) in [7, 11) is 0. The molecule has 1 atom stereocenters. The smallest absolute Gasteiger partial charge is 0.310 e. The molecule has 0 bridgehead atoms. The zero-order chi connectivity index (χ0) is 19.4. The summed E-state index contributed by atoms with van der Waals surface area (Å²) in [5, 5.41) is 2.80. The number of ether oxygens (including phenoxy) is 1. The molecule has 6 heteroatoms. The molecule has 0 radical (unpaired) electrons. The Bertz CT molecular complexity index is 861. The predicted octanol–water partition coefficient (Wildman–Crippen LogP) is 2.84. The lowest BCUT2D eigenvalue weighted by Crippen LogP contribution is -2.41. The number of para-hydroxylation sites is 2. The summed E-state index contributed by atoms with van der Waals surface area (Å²) >= 11 is 0. The molecule has 6 nitrogen and oxygen atoms in total.